The largest absolute Gasteiger partial charge is 0.351 e. The minimum Gasteiger partial charge on any atom is -0.351 e. The first-order valence-corrected chi connectivity index (χ1v) is 6.99. The lowest BCUT2D eigenvalue weighted by atomic mass is 10.2. The van der Waals surface area contributed by atoms with E-state index >= 15 is 0 Å². The lowest BCUT2D eigenvalue weighted by molar-refractivity contribution is -0.123. The van der Waals surface area contributed by atoms with E-state index in [1.54, 1.807) is 0 Å². The number of piperazine rings is 1. The zero-order chi connectivity index (χ0) is 13.7. The zero-order valence-electron chi connectivity index (χ0n) is 11.6. The lowest BCUT2D eigenvalue weighted by Gasteiger charge is -2.33. The highest BCUT2D eigenvalue weighted by Crippen LogP contribution is 2.10. The second-order valence-electron chi connectivity index (χ2n) is 4.93. The number of amides is 1. The number of nitrogens with zero attached hydrogens (tertiary/aromatic N) is 1. The molecule has 4 nitrogen and oxygen atoms in total. The van der Waals surface area contributed by atoms with E-state index in [4.69, 9.17) is 11.6 Å². The fourth-order valence-corrected chi connectivity index (χ4v) is 2.42. The number of hydrogen-bond acceptors (Lipinski definition) is 3. The second-order valence-corrected chi connectivity index (χ2v) is 5.37. The normalized spacial score (nSPS) is 19.2. The van der Waals surface area contributed by atoms with Gasteiger partial charge in [-0.1, -0.05) is 23.7 Å². The van der Waals surface area contributed by atoms with Crippen molar-refractivity contribution in [3.63, 3.8) is 0 Å². The highest BCUT2D eigenvalue weighted by molar-refractivity contribution is 6.30. The van der Waals surface area contributed by atoms with Crippen LogP contribution in [0.5, 0.6) is 0 Å². The summed E-state index contributed by atoms with van der Waals surface area (Å²) in [5.41, 5.74) is 1.02. The Balaban J connectivity index is 0.00000200. The standard InChI is InChI=1S/C14H20ClN3O.ClH/c1-11-8-16-5-6-18(11)10-14(19)17-9-12-3-2-4-13(15)7-12;/h2-4,7,11,16H,5-6,8-10H2,1H3,(H,17,19);1H/t11-;/m1./s1. The third-order valence-corrected chi connectivity index (χ3v) is 3.60. The van der Waals surface area contributed by atoms with Gasteiger partial charge in [0, 0.05) is 37.2 Å². The number of benzene rings is 1. The molecular weight excluding hydrogens is 297 g/mol. The highest BCUT2D eigenvalue weighted by Gasteiger charge is 2.19. The molecule has 112 valence electrons. The molecule has 0 bridgehead atoms. The molecule has 1 fully saturated rings. The van der Waals surface area contributed by atoms with Gasteiger partial charge < -0.3 is 10.6 Å². The fraction of sp³-hybridized carbons (Fsp3) is 0.500. The smallest absolute Gasteiger partial charge is 0.234 e. The van der Waals surface area contributed by atoms with Crippen LogP contribution in [0.1, 0.15) is 12.5 Å². The van der Waals surface area contributed by atoms with Gasteiger partial charge in [0.1, 0.15) is 0 Å². The van der Waals surface area contributed by atoms with Crippen LogP contribution in [0.15, 0.2) is 24.3 Å². The monoisotopic (exact) mass is 317 g/mol. The van der Waals surface area contributed by atoms with Crippen LogP contribution in [0.3, 0.4) is 0 Å². The van der Waals surface area contributed by atoms with Crippen molar-refractivity contribution in [2.75, 3.05) is 26.2 Å². The second kappa shape index (κ2) is 8.47. The molecule has 6 heteroatoms. The Kier molecular flexibility index (Phi) is 7.30. The van der Waals surface area contributed by atoms with Gasteiger partial charge in [-0.25, -0.2) is 0 Å². The van der Waals surface area contributed by atoms with E-state index in [1.165, 1.54) is 0 Å². The van der Waals surface area contributed by atoms with Crippen molar-refractivity contribution >= 4 is 29.9 Å². The molecule has 1 amide bonds. The van der Waals surface area contributed by atoms with E-state index in [0.29, 0.717) is 24.2 Å². The van der Waals surface area contributed by atoms with Crippen molar-refractivity contribution in [2.45, 2.75) is 19.5 Å². The molecule has 1 atom stereocenters. The first kappa shape index (κ1) is 17.2. The Labute approximate surface area is 131 Å². The summed E-state index contributed by atoms with van der Waals surface area (Å²) < 4.78 is 0. The number of carbonyl (C=O) groups is 1. The van der Waals surface area contributed by atoms with Gasteiger partial charge in [0.15, 0.2) is 0 Å². The van der Waals surface area contributed by atoms with E-state index in [1.807, 2.05) is 24.3 Å². The third kappa shape index (κ3) is 5.29. The average molecular weight is 318 g/mol. The molecule has 1 saturated heterocycles. The Morgan fingerprint density at radius 3 is 3.05 bits per heavy atom. The summed E-state index contributed by atoms with van der Waals surface area (Å²) in [5, 5.41) is 6.94. The molecule has 0 saturated carbocycles. The molecule has 0 radical (unpaired) electrons. The van der Waals surface area contributed by atoms with E-state index in [2.05, 4.69) is 22.5 Å². The Hall–Kier alpha value is -0.810. The first-order valence-electron chi connectivity index (χ1n) is 6.61. The van der Waals surface area contributed by atoms with Crippen LogP contribution in [-0.4, -0.2) is 43.0 Å². The molecule has 1 aliphatic heterocycles. The first-order chi connectivity index (χ1) is 9.15. The molecular formula is C14H21Cl2N3O. The molecule has 0 aromatic heterocycles. The van der Waals surface area contributed by atoms with Crippen LogP contribution >= 0.6 is 24.0 Å². The maximum atomic E-state index is 11.9. The van der Waals surface area contributed by atoms with Crippen molar-refractivity contribution in [1.82, 2.24) is 15.5 Å². The number of halogens is 2. The summed E-state index contributed by atoms with van der Waals surface area (Å²) in [6.45, 7) is 5.94. The Bertz CT molecular complexity index is 442. The topological polar surface area (TPSA) is 44.4 Å². The minimum atomic E-state index is 0. The molecule has 2 rings (SSSR count). The maximum absolute atomic E-state index is 11.9. The van der Waals surface area contributed by atoms with Crippen LogP contribution in [-0.2, 0) is 11.3 Å². The van der Waals surface area contributed by atoms with Gasteiger partial charge in [-0.05, 0) is 24.6 Å². The van der Waals surface area contributed by atoms with E-state index < -0.39 is 0 Å². The van der Waals surface area contributed by atoms with Crippen molar-refractivity contribution in [3.05, 3.63) is 34.9 Å². The molecule has 1 aromatic carbocycles. The van der Waals surface area contributed by atoms with Crippen molar-refractivity contribution in [2.24, 2.45) is 0 Å². The van der Waals surface area contributed by atoms with Crippen LogP contribution in [0.25, 0.3) is 0 Å². The molecule has 2 N–H and O–H groups in total. The molecule has 1 aliphatic rings. The van der Waals surface area contributed by atoms with Crippen LogP contribution in [0.4, 0.5) is 0 Å². The van der Waals surface area contributed by atoms with Crippen LogP contribution in [0.2, 0.25) is 5.02 Å². The van der Waals surface area contributed by atoms with Crippen molar-refractivity contribution in [3.8, 4) is 0 Å². The third-order valence-electron chi connectivity index (χ3n) is 3.36. The predicted molar refractivity (Wildman–Crippen MR) is 84.5 cm³/mol. The maximum Gasteiger partial charge on any atom is 0.234 e. The summed E-state index contributed by atoms with van der Waals surface area (Å²) in [6.07, 6.45) is 0. The summed E-state index contributed by atoms with van der Waals surface area (Å²) >= 11 is 5.91. The summed E-state index contributed by atoms with van der Waals surface area (Å²) in [6, 6.07) is 7.96. The lowest BCUT2D eigenvalue weighted by Crippen LogP contribution is -2.52. The van der Waals surface area contributed by atoms with Crippen LogP contribution in [0, 0.1) is 0 Å². The van der Waals surface area contributed by atoms with E-state index in [-0.39, 0.29) is 18.3 Å². The van der Waals surface area contributed by atoms with Crippen molar-refractivity contribution < 1.29 is 4.79 Å². The van der Waals surface area contributed by atoms with E-state index in [0.717, 1.165) is 25.2 Å². The minimum absolute atomic E-state index is 0. The van der Waals surface area contributed by atoms with Gasteiger partial charge in [-0.15, -0.1) is 12.4 Å². The van der Waals surface area contributed by atoms with Gasteiger partial charge in [0.2, 0.25) is 5.91 Å². The fourth-order valence-electron chi connectivity index (χ4n) is 2.21. The molecule has 1 heterocycles. The number of carbonyl (C=O) groups excluding carboxylic acids is 1. The Morgan fingerprint density at radius 1 is 1.55 bits per heavy atom. The molecule has 0 unspecified atom stereocenters. The van der Waals surface area contributed by atoms with E-state index in [9.17, 15) is 4.79 Å². The molecule has 0 spiro atoms. The zero-order valence-corrected chi connectivity index (χ0v) is 13.1. The van der Waals surface area contributed by atoms with Gasteiger partial charge in [0.05, 0.1) is 6.54 Å². The Morgan fingerprint density at radius 2 is 2.35 bits per heavy atom. The van der Waals surface area contributed by atoms with Gasteiger partial charge in [-0.3, -0.25) is 9.69 Å². The number of rotatable bonds is 4. The summed E-state index contributed by atoms with van der Waals surface area (Å²) in [5.74, 6) is 0.0636. The molecule has 1 aromatic rings. The van der Waals surface area contributed by atoms with Crippen molar-refractivity contribution in [1.29, 1.82) is 0 Å². The number of nitrogens with one attached hydrogen (secondary N) is 2. The summed E-state index contributed by atoms with van der Waals surface area (Å²) in [4.78, 5) is 14.1. The van der Waals surface area contributed by atoms with Gasteiger partial charge in [0.25, 0.3) is 0 Å². The average Bonchev–Trinajstić information content (AvgIpc) is 2.39. The SMILES string of the molecule is C[C@@H]1CNCCN1CC(=O)NCc1cccc(Cl)c1.Cl. The predicted octanol–water partition coefficient (Wildman–Crippen LogP) is 1.67. The molecule has 0 aliphatic carbocycles. The molecule has 20 heavy (non-hydrogen) atoms. The highest BCUT2D eigenvalue weighted by atomic mass is 35.5. The van der Waals surface area contributed by atoms with Crippen LogP contribution < -0.4 is 10.6 Å². The van der Waals surface area contributed by atoms with Gasteiger partial charge in [-0.2, -0.15) is 0 Å². The number of hydrogen-bond donors (Lipinski definition) is 2. The van der Waals surface area contributed by atoms with Gasteiger partial charge >= 0.3 is 0 Å². The summed E-state index contributed by atoms with van der Waals surface area (Å²) in [7, 11) is 0. The quantitative estimate of drug-likeness (QED) is 0.888.